The number of hydrogen-bond donors (Lipinski definition) is 1. The standard InChI is InChI=1S/C17H22F3N3O2S/c1-3-5-14-6-8-15(9-7-14)26(24,25)21-10-4-11-23-13(2)12-16(22-23)17(18,19)20/h6-9,12,21H,3-5,10-11H2,1-2H3. The van der Waals surface area contributed by atoms with Crippen LogP contribution in [0.15, 0.2) is 35.2 Å². The predicted molar refractivity (Wildman–Crippen MR) is 92.2 cm³/mol. The summed E-state index contributed by atoms with van der Waals surface area (Å²) < 4.78 is 66.0. The van der Waals surface area contributed by atoms with Crippen LogP contribution in [-0.4, -0.2) is 24.7 Å². The zero-order valence-electron chi connectivity index (χ0n) is 14.7. The van der Waals surface area contributed by atoms with Gasteiger partial charge in [-0.25, -0.2) is 13.1 Å². The Labute approximate surface area is 151 Å². The Bertz CT molecular complexity index is 828. The quantitative estimate of drug-likeness (QED) is 0.703. The molecule has 144 valence electrons. The van der Waals surface area contributed by atoms with Gasteiger partial charge >= 0.3 is 6.18 Å². The van der Waals surface area contributed by atoms with E-state index in [-0.39, 0.29) is 18.0 Å². The van der Waals surface area contributed by atoms with Gasteiger partial charge in [-0.2, -0.15) is 18.3 Å². The van der Waals surface area contributed by atoms with Crippen LogP contribution in [0.4, 0.5) is 13.2 Å². The van der Waals surface area contributed by atoms with Crippen LogP contribution in [0.5, 0.6) is 0 Å². The topological polar surface area (TPSA) is 64.0 Å². The van der Waals surface area contributed by atoms with E-state index in [1.807, 2.05) is 6.92 Å². The lowest BCUT2D eigenvalue weighted by Gasteiger charge is -2.08. The summed E-state index contributed by atoms with van der Waals surface area (Å²) in [6, 6.07) is 7.65. The minimum atomic E-state index is -4.48. The molecule has 0 radical (unpaired) electrons. The summed E-state index contributed by atoms with van der Waals surface area (Å²) >= 11 is 0. The van der Waals surface area contributed by atoms with E-state index in [1.54, 1.807) is 24.3 Å². The lowest BCUT2D eigenvalue weighted by atomic mass is 10.1. The maximum Gasteiger partial charge on any atom is 0.435 e. The molecule has 1 aromatic heterocycles. The third kappa shape index (κ3) is 5.31. The number of aryl methyl sites for hydroxylation is 3. The molecule has 1 aromatic carbocycles. The zero-order valence-corrected chi connectivity index (χ0v) is 15.5. The molecule has 0 aliphatic heterocycles. The first-order valence-corrected chi connectivity index (χ1v) is 9.82. The van der Waals surface area contributed by atoms with Crippen LogP contribution >= 0.6 is 0 Å². The second-order valence-corrected chi connectivity index (χ2v) is 7.80. The minimum absolute atomic E-state index is 0.111. The molecule has 0 bridgehead atoms. The van der Waals surface area contributed by atoms with Crippen molar-refractivity contribution >= 4 is 10.0 Å². The number of sulfonamides is 1. The monoisotopic (exact) mass is 389 g/mol. The average Bonchev–Trinajstić information content (AvgIpc) is 2.94. The van der Waals surface area contributed by atoms with E-state index in [4.69, 9.17) is 0 Å². The fourth-order valence-electron chi connectivity index (χ4n) is 2.52. The number of benzene rings is 1. The maximum absolute atomic E-state index is 12.6. The van der Waals surface area contributed by atoms with Gasteiger partial charge in [0.25, 0.3) is 0 Å². The Morgan fingerprint density at radius 1 is 1.19 bits per heavy atom. The summed E-state index contributed by atoms with van der Waals surface area (Å²) in [5.74, 6) is 0. The highest BCUT2D eigenvalue weighted by atomic mass is 32.2. The van der Waals surface area contributed by atoms with Crippen molar-refractivity contribution in [3.05, 3.63) is 47.3 Å². The molecule has 2 rings (SSSR count). The van der Waals surface area contributed by atoms with Crippen molar-refractivity contribution in [2.24, 2.45) is 0 Å². The fourth-order valence-corrected chi connectivity index (χ4v) is 3.59. The van der Waals surface area contributed by atoms with E-state index in [0.29, 0.717) is 12.1 Å². The number of rotatable bonds is 8. The normalized spacial score (nSPS) is 12.5. The number of nitrogens with zero attached hydrogens (tertiary/aromatic N) is 2. The Morgan fingerprint density at radius 2 is 1.85 bits per heavy atom. The van der Waals surface area contributed by atoms with Crippen LogP contribution in [0.3, 0.4) is 0 Å². The molecule has 0 saturated heterocycles. The molecule has 26 heavy (non-hydrogen) atoms. The Balaban J connectivity index is 1.90. The lowest BCUT2D eigenvalue weighted by molar-refractivity contribution is -0.141. The predicted octanol–water partition coefficient (Wildman–Crippen LogP) is 3.53. The molecule has 1 heterocycles. The van der Waals surface area contributed by atoms with E-state index < -0.39 is 21.9 Å². The summed E-state index contributed by atoms with van der Waals surface area (Å²) in [5.41, 5.74) is 0.510. The minimum Gasteiger partial charge on any atom is -0.269 e. The molecule has 5 nitrogen and oxygen atoms in total. The van der Waals surface area contributed by atoms with Gasteiger partial charge < -0.3 is 0 Å². The first kappa shape index (κ1) is 20.4. The Kier molecular flexibility index (Phi) is 6.46. The van der Waals surface area contributed by atoms with Gasteiger partial charge in [0.2, 0.25) is 10.0 Å². The highest BCUT2D eigenvalue weighted by molar-refractivity contribution is 7.89. The van der Waals surface area contributed by atoms with Crippen molar-refractivity contribution in [1.29, 1.82) is 0 Å². The molecule has 0 aliphatic rings. The molecule has 0 saturated carbocycles. The SMILES string of the molecule is CCCc1ccc(S(=O)(=O)NCCCn2nc(C(F)(F)F)cc2C)cc1. The molecule has 0 fully saturated rings. The summed E-state index contributed by atoms with van der Waals surface area (Å²) in [5, 5.41) is 3.51. The van der Waals surface area contributed by atoms with Gasteiger partial charge in [0.15, 0.2) is 5.69 Å². The van der Waals surface area contributed by atoms with Crippen LogP contribution in [0.1, 0.15) is 36.7 Å². The summed E-state index contributed by atoms with van der Waals surface area (Å²) in [6.45, 7) is 3.88. The first-order valence-electron chi connectivity index (χ1n) is 8.33. The lowest BCUT2D eigenvalue weighted by Crippen LogP contribution is -2.25. The van der Waals surface area contributed by atoms with Crippen molar-refractivity contribution in [3.63, 3.8) is 0 Å². The number of aromatic nitrogens is 2. The summed E-state index contributed by atoms with van der Waals surface area (Å²) in [6.07, 6.45) is -2.29. The van der Waals surface area contributed by atoms with Gasteiger partial charge in [0, 0.05) is 18.8 Å². The molecular formula is C17H22F3N3O2S. The van der Waals surface area contributed by atoms with Gasteiger partial charge in [0.05, 0.1) is 4.90 Å². The second kappa shape index (κ2) is 8.22. The third-order valence-electron chi connectivity index (χ3n) is 3.88. The van der Waals surface area contributed by atoms with Gasteiger partial charge in [0.1, 0.15) is 0 Å². The van der Waals surface area contributed by atoms with Crippen LogP contribution < -0.4 is 4.72 Å². The molecule has 0 amide bonds. The highest BCUT2D eigenvalue weighted by Crippen LogP contribution is 2.28. The van der Waals surface area contributed by atoms with Crippen LogP contribution in [0.2, 0.25) is 0 Å². The molecule has 0 aliphatic carbocycles. The fraction of sp³-hybridized carbons (Fsp3) is 0.471. The van der Waals surface area contributed by atoms with Gasteiger partial charge in [-0.05, 0) is 43.5 Å². The second-order valence-electron chi connectivity index (χ2n) is 6.04. The van der Waals surface area contributed by atoms with Crippen LogP contribution in [0, 0.1) is 6.92 Å². The van der Waals surface area contributed by atoms with Gasteiger partial charge in [-0.15, -0.1) is 0 Å². The van der Waals surface area contributed by atoms with Crippen molar-refractivity contribution in [1.82, 2.24) is 14.5 Å². The number of alkyl halides is 3. The van der Waals surface area contributed by atoms with E-state index in [2.05, 4.69) is 9.82 Å². The van der Waals surface area contributed by atoms with E-state index >= 15 is 0 Å². The zero-order chi connectivity index (χ0) is 19.4. The number of halogens is 3. The van der Waals surface area contributed by atoms with Crippen LogP contribution in [0.25, 0.3) is 0 Å². The third-order valence-corrected chi connectivity index (χ3v) is 5.36. The number of hydrogen-bond acceptors (Lipinski definition) is 3. The molecule has 2 aromatic rings. The Hall–Kier alpha value is -1.87. The summed E-state index contributed by atoms with van der Waals surface area (Å²) in [4.78, 5) is 0.173. The highest BCUT2D eigenvalue weighted by Gasteiger charge is 2.34. The van der Waals surface area contributed by atoms with E-state index in [0.717, 1.165) is 24.5 Å². The molecule has 0 spiro atoms. The van der Waals surface area contributed by atoms with Crippen molar-refractivity contribution in [3.8, 4) is 0 Å². The van der Waals surface area contributed by atoms with Gasteiger partial charge in [-0.1, -0.05) is 25.5 Å². The molecule has 0 atom stereocenters. The molecule has 9 heteroatoms. The van der Waals surface area contributed by atoms with Crippen molar-refractivity contribution in [2.45, 2.75) is 50.7 Å². The molecule has 0 unspecified atom stereocenters. The van der Waals surface area contributed by atoms with E-state index in [1.165, 1.54) is 11.6 Å². The smallest absolute Gasteiger partial charge is 0.269 e. The summed E-state index contributed by atoms with van der Waals surface area (Å²) in [7, 11) is -3.63. The van der Waals surface area contributed by atoms with Crippen LogP contribution in [-0.2, 0) is 29.2 Å². The maximum atomic E-state index is 12.6. The first-order chi connectivity index (χ1) is 12.1. The van der Waals surface area contributed by atoms with E-state index in [9.17, 15) is 21.6 Å². The average molecular weight is 389 g/mol. The Morgan fingerprint density at radius 3 is 2.38 bits per heavy atom. The van der Waals surface area contributed by atoms with Crippen molar-refractivity contribution < 1.29 is 21.6 Å². The largest absolute Gasteiger partial charge is 0.435 e. The molecule has 1 N–H and O–H groups in total. The number of nitrogens with one attached hydrogen (secondary N) is 1. The van der Waals surface area contributed by atoms with Gasteiger partial charge in [-0.3, -0.25) is 4.68 Å². The van der Waals surface area contributed by atoms with Crippen molar-refractivity contribution in [2.75, 3.05) is 6.54 Å². The molecular weight excluding hydrogens is 367 g/mol.